The summed E-state index contributed by atoms with van der Waals surface area (Å²) in [5.41, 5.74) is 1.82. The monoisotopic (exact) mass is 288 g/mol. The van der Waals surface area contributed by atoms with Crippen molar-refractivity contribution in [1.82, 2.24) is 4.90 Å². The van der Waals surface area contributed by atoms with Crippen molar-refractivity contribution in [3.05, 3.63) is 29.8 Å². The molecule has 4 heteroatoms. The van der Waals surface area contributed by atoms with E-state index in [4.69, 9.17) is 0 Å². The highest BCUT2D eigenvalue weighted by Gasteiger charge is 2.22. The second-order valence-electron chi connectivity index (χ2n) is 5.62. The molecule has 0 unspecified atom stereocenters. The molecule has 0 aromatic heterocycles. The number of fused-ring (bicyclic) bond motifs is 1. The number of nitrogens with one attached hydrogen (secondary N) is 1. The maximum absolute atomic E-state index is 12.3. The van der Waals surface area contributed by atoms with E-state index in [2.05, 4.69) is 12.2 Å². The molecule has 114 valence electrons. The molecule has 2 rings (SSSR count). The van der Waals surface area contributed by atoms with Crippen molar-refractivity contribution in [3.63, 3.8) is 0 Å². The number of anilines is 1. The Hall–Kier alpha value is -1.84. The summed E-state index contributed by atoms with van der Waals surface area (Å²) in [6.07, 6.45) is 6.17. The van der Waals surface area contributed by atoms with Crippen LogP contribution in [-0.2, 0) is 16.1 Å². The molecule has 0 aliphatic carbocycles. The second kappa shape index (κ2) is 7.81. The Labute approximate surface area is 126 Å². The van der Waals surface area contributed by atoms with E-state index in [1.165, 1.54) is 19.3 Å². The van der Waals surface area contributed by atoms with Gasteiger partial charge in [0.2, 0.25) is 11.8 Å². The fourth-order valence-corrected chi connectivity index (χ4v) is 2.62. The molecule has 0 bridgehead atoms. The first kappa shape index (κ1) is 15.5. The van der Waals surface area contributed by atoms with Gasteiger partial charge < -0.3 is 10.2 Å². The highest BCUT2D eigenvalue weighted by Crippen LogP contribution is 2.21. The predicted molar refractivity (Wildman–Crippen MR) is 83.9 cm³/mol. The highest BCUT2D eigenvalue weighted by molar-refractivity contribution is 5.96. The van der Waals surface area contributed by atoms with Crippen molar-refractivity contribution in [2.75, 3.05) is 11.9 Å². The number of nitrogens with zero attached hydrogens (tertiary/aromatic N) is 1. The maximum Gasteiger partial charge on any atom is 0.244 e. The number of carbonyl (C=O) groups excluding carboxylic acids is 2. The topological polar surface area (TPSA) is 49.4 Å². The average Bonchev–Trinajstić information content (AvgIpc) is 2.64. The molecular weight excluding hydrogens is 264 g/mol. The molecule has 1 aliphatic heterocycles. The lowest BCUT2D eigenvalue weighted by Gasteiger charge is -2.19. The van der Waals surface area contributed by atoms with Gasteiger partial charge in [-0.05, 0) is 18.1 Å². The lowest BCUT2D eigenvalue weighted by Crippen LogP contribution is -2.35. The van der Waals surface area contributed by atoms with E-state index in [0.29, 0.717) is 13.0 Å². The van der Waals surface area contributed by atoms with Gasteiger partial charge in [-0.2, -0.15) is 0 Å². The Balaban J connectivity index is 1.90. The van der Waals surface area contributed by atoms with E-state index in [-0.39, 0.29) is 18.4 Å². The van der Waals surface area contributed by atoms with Gasteiger partial charge in [-0.15, -0.1) is 0 Å². The Bertz CT molecular complexity index is 499. The summed E-state index contributed by atoms with van der Waals surface area (Å²) in [5.74, 6) is -0.0300. The summed E-state index contributed by atoms with van der Waals surface area (Å²) < 4.78 is 0. The van der Waals surface area contributed by atoms with Gasteiger partial charge in [0, 0.05) is 18.7 Å². The molecule has 0 atom stereocenters. The Morgan fingerprint density at radius 1 is 1.14 bits per heavy atom. The third kappa shape index (κ3) is 4.59. The number of para-hydroxylation sites is 1. The van der Waals surface area contributed by atoms with Crippen LogP contribution in [0.1, 0.15) is 51.0 Å². The number of carbonyl (C=O) groups is 2. The minimum Gasteiger partial charge on any atom is -0.329 e. The zero-order chi connectivity index (χ0) is 15.1. The largest absolute Gasteiger partial charge is 0.329 e. The summed E-state index contributed by atoms with van der Waals surface area (Å²) in [7, 11) is 0. The molecule has 1 heterocycles. The van der Waals surface area contributed by atoms with Crippen molar-refractivity contribution in [3.8, 4) is 0 Å². The van der Waals surface area contributed by atoms with Crippen LogP contribution < -0.4 is 5.32 Å². The zero-order valence-electron chi connectivity index (χ0n) is 12.7. The quantitative estimate of drug-likeness (QED) is 0.816. The van der Waals surface area contributed by atoms with Gasteiger partial charge in [-0.25, -0.2) is 0 Å². The maximum atomic E-state index is 12.3. The first-order chi connectivity index (χ1) is 10.2. The molecule has 0 spiro atoms. The minimum atomic E-state index is -0.112. The van der Waals surface area contributed by atoms with E-state index < -0.39 is 0 Å². The van der Waals surface area contributed by atoms with Gasteiger partial charge in [-0.1, -0.05) is 50.8 Å². The van der Waals surface area contributed by atoms with Gasteiger partial charge in [0.25, 0.3) is 0 Å². The lowest BCUT2D eigenvalue weighted by molar-refractivity contribution is -0.135. The first-order valence-corrected chi connectivity index (χ1v) is 7.86. The molecule has 0 fully saturated rings. The molecule has 1 aromatic carbocycles. The van der Waals surface area contributed by atoms with E-state index >= 15 is 0 Å². The van der Waals surface area contributed by atoms with Crippen molar-refractivity contribution in [2.45, 2.75) is 52.0 Å². The number of hydrogen-bond donors (Lipinski definition) is 1. The average molecular weight is 288 g/mol. The molecule has 1 aliphatic rings. The second-order valence-corrected chi connectivity index (χ2v) is 5.62. The van der Waals surface area contributed by atoms with Crippen molar-refractivity contribution >= 4 is 17.5 Å². The number of unbranched alkanes of at least 4 members (excludes halogenated alkanes) is 4. The van der Waals surface area contributed by atoms with Crippen LogP contribution >= 0.6 is 0 Å². The van der Waals surface area contributed by atoms with Crippen LogP contribution in [0.4, 0.5) is 5.69 Å². The molecule has 0 saturated heterocycles. The molecule has 1 N–H and O–H groups in total. The normalized spacial score (nSPS) is 14.3. The molecular formula is C17H24N2O2. The van der Waals surface area contributed by atoms with E-state index in [1.807, 2.05) is 24.3 Å². The fraction of sp³-hybridized carbons (Fsp3) is 0.529. The number of rotatable bonds is 6. The summed E-state index contributed by atoms with van der Waals surface area (Å²) in [6.45, 7) is 2.85. The Morgan fingerprint density at radius 2 is 1.90 bits per heavy atom. The van der Waals surface area contributed by atoms with Gasteiger partial charge in [-0.3, -0.25) is 9.59 Å². The van der Waals surface area contributed by atoms with Crippen molar-refractivity contribution in [2.24, 2.45) is 0 Å². The van der Waals surface area contributed by atoms with Crippen LogP contribution in [0.25, 0.3) is 0 Å². The summed E-state index contributed by atoms with van der Waals surface area (Å²) in [5, 5.41) is 2.86. The highest BCUT2D eigenvalue weighted by atomic mass is 16.2. The SMILES string of the molecule is CCCCCCCC(=O)N1CC(=O)Nc2ccccc2C1. The van der Waals surface area contributed by atoms with Crippen LogP contribution in [0.3, 0.4) is 0 Å². The van der Waals surface area contributed by atoms with Gasteiger partial charge >= 0.3 is 0 Å². The van der Waals surface area contributed by atoms with Gasteiger partial charge in [0.15, 0.2) is 0 Å². The standard InChI is InChI=1S/C17H24N2O2/c1-2-3-4-5-6-11-17(21)19-12-14-9-7-8-10-15(14)18-16(20)13-19/h7-10H,2-6,11-13H2,1H3,(H,18,20). The number of amides is 2. The van der Waals surface area contributed by atoms with Crippen LogP contribution in [0, 0.1) is 0 Å². The number of hydrogen-bond acceptors (Lipinski definition) is 2. The summed E-state index contributed by atoms with van der Waals surface area (Å²) in [4.78, 5) is 25.8. The van der Waals surface area contributed by atoms with Gasteiger partial charge in [0.1, 0.15) is 6.54 Å². The Morgan fingerprint density at radius 3 is 2.71 bits per heavy atom. The lowest BCUT2D eigenvalue weighted by atomic mass is 10.1. The van der Waals surface area contributed by atoms with Crippen molar-refractivity contribution in [1.29, 1.82) is 0 Å². The molecule has 1 aromatic rings. The minimum absolute atomic E-state index is 0.0818. The smallest absolute Gasteiger partial charge is 0.244 e. The predicted octanol–water partition coefficient (Wildman–Crippen LogP) is 3.33. The number of benzene rings is 1. The van der Waals surface area contributed by atoms with E-state index in [9.17, 15) is 9.59 Å². The third-order valence-corrected chi connectivity index (χ3v) is 3.83. The zero-order valence-corrected chi connectivity index (χ0v) is 12.7. The summed E-state index contributed by atoms with van der Waals surface area (Å²) >= 11 is 0. The molecule has 21 heavy (non-hydrogen) atoms. The van der Waals surface area contributed by atoms with E-state index in [1.54, 1.807) is 4.90 Å². The Kier molecular flexibility index (Phi) is 5.78. The third-order valence-electron chi connectivity index (χ3n) is 3.83. The van der Waals surface area contributed by atoms with Crippen molar-refractivity contribution < 1.29 is 9.59 Å². The molecule has 0 saturated carbocycles. The first-order valence-electron chi connectivity index (χ1n) is 7.86. The fourth-order valence-electron chi connectivity index (χ4n) is 2.62. The van der Waals surface area contributed by atoms with Crippen LogP contribution in [0.15, 0.2) is 24.3 Å². The molecule has 4 nitrogen and oxygen atoms in total. The molecule has 0 radical (unpaired) electrons. The van der Waals surface area contributed by atoms with Crippen LogP contribution in [0.5, 0.6) is 0 Å². The summed E-state index contributed by atoms with van der Waals surface area (Å²) in [6, 6.07) is 7.67. The van der Waals surface area contributed by atoms with Crippen LogP contribution in [0.2, 0.25) is 0 Å². The molecule has 2 amide bonds. The van der Waals surface area contributed by atoms with Crippen LogP contribution in [-0.4, -0.2) is 23.3 Å². The van der Waals surface area contributed by atoms with E-state index in [0.717, 1.165) is 24.1 Å². The van der Waals surface area contributed by atoms with Gasteiger partial charge in [0.05, 0.1) is 0 Å².